The Morgan fingerprint density at radius 3 is 3.14 bits per heavy atom. The van der Waals surface area contributed by atoms with Gasteiger partial charge in [0.05, 0.1) is 12.2 Å². The van der Waals surface area contributed by atoms with Crippen LogP contribution in [-0.4, -0.2) is 27.7 Å². The second kappa shape index (κ2) is 3.32. The molecule has 1 aromatic heterocycles. The van der Waals surface area contributed by atoms with Gasteiger partial charge >= 0.3 is 6.03 Å². The second-order valence-electron chi connectivity index (χ2n) is 3.64. The SMILES string of the molecule is Cc1[nH]nc2c1CN(C(N)=O)CCC2. The van der Waals surface area contributed by atoms with Crippen LogP contribution in [0.15, 0.2) is 0 Å². The second-order valence-corrected chi connectivity index (χ2v) is 3.64. The molecule has 1 aliphatic heterocycles. The minimum atomic E-state index is -0.349. The largest absolute Gasteiger partial charge is 0.351 e. The summed E-state index contributed by atoms with van der Waals surface area (Å²) in [5.74, 6) is 0. The number of carbonyl (C=O) groups excluding carboxylic acids is 1. The number of hydrogen-bond acceptors (Lipinski definition) is 2. The fraction of sp³-hybridized carbons (Fsp3) is 0.556. The van der Waals surface area contributed by atoms with Gasteiger partial charge in [-0.25, -0.2) is 4.79 Å². The van der Waals surface area contributed by atoms with Gasteiger partial charge in [-0.3, -0.25) is 5.10 Å². The molecule has 2 rings (SSSR count). The van der Waals surface area contributed by atoms with E-state index < -0.39 is 0 Å². The molecule has 3 N–H and O–H groups in total. The molecule has 0 bridgehead atoms. The maximum Gasteiger partial charge on any atom is 0.315 e. The van der Waals surface area contributed by atoms with Crippen LogP contribution in [0, 0.1) is 6.92 Å². The van der Waals surface area contributed by atoms with Gasteiger partial charge in [-0.05, 0) is 19.8 Å². The van der Waals surface area contributed by atoms with Crippen molar-refractivity contribution in [3.63, 3.8) is 0 Å². The fourth-order valence-electron chi connectivity index (χ4n) is 1.81. The zero-order valence-corrected chi connectivity index (χ0v) is 8.21. The molecule has 0 atom stereocenters. The van der Waals surface area contributed by atoms with Crippen LogP contribution in [0.4, 0.5) is 4.79 Å². The molecule has 0 fully saturated rings. The molecular formula is C9H14N4O. The van der Waals surface area contributed by atoms with Crippen molar-refractivity contribution >= 4 is 6.03 Å². The Bertz CT molecular complexity index is 358. The number of hydrogen-bond donors (Lipinski definition) is 2. The zero-order valence-electron chi connectivity index (χ0n) is 8.21. The summed E-state index contributed by atoms with van der Waals surface area (Å²) in [6.45, 7) is 3.29. The van der Waals surface area contributed by atoms with Gasteiger partial charge in [0.15, 0.2) is 0 Å². The first-order valence-corrected chi connectivity index (χ1v) is 4.75. The molecule has 0 saturated carbocycles. The number of carbonyl (C=O) groups is 1. The molecular weight excluding hydrogens is 180 g/mol. The van der Waals surface area contributed by atoms with Crippen molar-refractivity contribution in [2.75, 3.05) is 6.54 Å². The number of rotatable bonds is 0. The smallest absolute Gasteiger partial charge is 0.315 e. The third-order valence-corrected chi connectivity index (χ3v) is 2.66. The molecule has 1 aliphatic rings. The van der Waals surface area contributed by atoms with E-state index in [9.17, 15) is 4.79 Å². The van der Waals surface area contributed by atoms with E-state index in [4.69, 9.17) is 5.73 Å². The standard InChI is InChI=1S/C9H14N4O/c1-6-7-5-13(9(10)14)4-2-3-8(7)12-11-6/h2-5H2,1H3,(H2,10,14)(H,11,12). The number of nitrogens with two attached hydrogens (primary N) is 1. The number of nitrogens with one attached hydrogen (secondary N) is 1. The van der Waals surface area contributed by atoms with E-state index in [1.54, 1.807) is 4.90 Å². The number of aromatic nitrogens is 2. The Morgan fingerprint density at radius 1 is 1.64 bits per heavy atom. The first-order chi connectivity index (χ1) is 6.68. The van der Waals surface area contributed by atoms with E-state index in [1.807, 2.05) is 6.92 Å². The summed E-state index contributed by atoms with van der Waals surface area (Å²) in [7, 11) is 0. The van der Waals surface area contributed by atoms with E-state index in [-0.39, 0.29) is 6.03 Å². The molecule has 0 spiro atoms. The molecule has 14 heavy (non-hydrogen) atoms. The Kier molecular flexibility index (Phi) is 2.15. The van der Waals surface area contributed by atoms with E-state index in [1.165, 1.54) is 0 Å². The summed E-state index contributed by atoms with van der Waals surface area (Å²) in [5.41, 5.74) is 8.51. The molecule has 0 aliphatic carbocycles. The minimum Gasteiger partial charge on any atom is -0.351 e. The number of amides is 2. The van der Waals surface area contributed by atoms with E-state index >= 15 is 0 Å². The number of H-pyrrole nitrogens is 1. The van der Waals surface area contributed by atoms with Gasteiger partial charge in [0.2, 0.25) is 0 Å². The van der Waals surface area contributed by atoms with Gasteiger partial charge < -0.3 is 10.6 Å². The summed E-state index contributed by atoms with van der Waals surface area (Å²) in [4.78, 5) is 12.7. The molecule has 2 heterocycles. The van der Waals surface area contributed by atoms with Gasteiger partial charge in [0.1, 0.15) is 0 Å². The molecule has 0 aromatic carbocycles. The Labute approximate surface area is 82.3 Å². The number of aromatic amines is 1. The van der Waals surface area contributed by atoms with Crippen LogP contribution in [0.5, 0.6) is 0 Å². The summed E-state index contributed by atoms with van der Waals surface area (Å²) in [6, 6.07) is -0.349. The van der Waals surface area contributed by atoms with Crippen molar-refractivity contribution < 1.29 is 4.79 Å². The van der Waals surface area contributed by atoms with E-state index in [0.29, 0.717) is 6.54 Å². The summed E-state index contributed by atoms with van der Waals surface area (Å²) in [5, 5.41) is 7.14. The Hall–Kier alpha value is -1.52. The lowest BCUT2D eigenvalue weighted by Gasteiger charge is -2.17. The predicted molar refractivity (Wildman–Crippen MR) is 51.6 cm³/mol. The average Bonchev–Trinajstić information content (AvgIpc) is 2.40. The molecule has 76 valence electrons. The topological polar surface area (TPSA) is 75.0 Å². The average molecular weight is 194 g/mol. The van der Waals surface area contributed by atoms with Crippen LogP contribution < -0.4 is 5.73 Å². The van der Waals surface area contributed by atoms with Crippen molar-refractivity contribution in [1.82, 2.24) is 15.1 Å². The van der Waals surface area contributed by atoms with Crippen molar-refractivity contribution in [3.05, 3.63) is 17.0 Å². The third-order valence-electron chi connectivity index (χ3n) is 2.66. The molecule has 0 unspecified atom stereocenters. The van der Waals surface area contributed by atoms with Gasteiger partial charge in [-0.2, -0.15) is 5.10 Å². The van der Waals surface area contributed by atoms with Crippen molar-refractivity contribution in [2.45, 2.75) is 26.3 Å². The number of aryl methyl sites for hydroxylation is 2. The molecule has 2 amide bonds. The number of primary amides is 1. The van der Waals surface area contributed by atoms with E-state index in [0.717, 1.165) is 36.3 Å². The highest BCUT2D eigenvalue weighted by Gasteiger charge is 2.20. The maximum atomic E-state index is 11.1. The summed E-state index contributed by atoms with van der Waals surface area (Å²) < 4.78 is 0. The lowest BCUT2D eigenvalue weighted by atomic mass is 10.1. The quantitative estimate of drug-likeness (QED) is 0.632. The molecule has 0 radical (unpaired) electrons. The van der Waals surface area contributed by atoms with Crippen LogP contribution in [0.1, 0.15) is 23.4 Å². The number of urea groups is 1. The van der Waals surface area contributed by atoms with Gasteiger partial charge in [-0.15, -0.1) is 0 Å². The predicted octanol–water partition coefficient (Wildman–Crippen LogP) is 0.545. The monoisotopic (exact) mass is 194 g/mol. The zero-order chi connectivity index (χ0) is 10.1. The summed E-state index contributed by atoms with van der Waals surface area (Å²) >= 11 is 0. The van der Waals surface area contributed by atoms with Gasteiger partial charge in [0.25, 0.3) is 0 Å². The van der Waals surface area contributed by atoms with Crippen molar-refractivity contribution in [3.8, 4) is 0 Å². The highest BCUT2D eigenvalue weighted by atomic mass is 16.2. The first-order valence-electron chi connectivity index (χ1n) is 4.75. The van der Waals surface area contributed by atoms with Gasteiger partial charge in [-0.1, -0.05) is 0 Å². The number of nitrogens with zero attached hydrogens (tertiary/aromatic N) is 2. The number of fused-ring (bicyclic) bond motifs is 1. The Morgan fingerprint density at radius 2 is 2.43 bits per heavy atom. The fourth-order valence-corrected chi connectivity index (χ4v) is 1.81. The van der Waals surface area contributed by atoms with Gasteiger partial charge in [0, 0.05) is 17.8 Å². The van der Waals surface area contributed by atoms with Crippen molar-refractivity contribution in [1.29, 1.82) is 0 Å². The minimum absolute atomic E-state index is 0.349. The van der Waals surface area contributed by atoms with Crippen LogP contribution >= 0.6 is 0 Å². The lowest BCUT2D eigenvalue weighted by Crippen LogP contribution is -2.35. The van der Waals surface area contributed by atoms with E-state index in [2.05, 4.69) is 10.2 Å². The highest BCUT2D eigenvalue weighted by molar-refractivity contribution is 5.72. The maximum absolute atomic E-state index is 11.1. The first kappa shape index (κ1) is 9.05. The third kappa shape index (κ3) is 1.45. The van der Waals surface area contributed by atoms with Crippen LogP contribution in [0.2, 0.25) is 0 Å². The van der Waals surface area contributed by atoms with Crippen LogP contribution in [0.25, 0.3) is 0 Å². The normalized spacial score (nSPS) is 16.2. The molecule has 1 aromatic rings. The highest BCUT2D eigenvalue weighted by Crippen LogP contribution is 2.18. The Balaban J connectivity index is 2.29. The molecule has 5 nitrogen and oxygen atoms in total. The van der Waals surface area contributed by atoms with Crippen LogP contribution in [0.3, 0.4) is 0 Å². The summed E-state index contributed by atoms with van der Waals surface area (Å²) in [6.07, 6.45) is 1.85. The molecule has 0 saturated heterocycles. The van der Waals surface area contributed by atoms with Crippen LogP contribution in [-0.2, 0) is 13.0 Å². The molecule has 5 heteroatoms. The lowest BCUT2D eigenvalue weighted by molar-refractivity contribution is 0.205. The van der Waals surface area contributed by atoms with Crippen molar-refractivity contribution in [2.24, 2.45) is 5.73 Å².